The predicted octanol–water partition coefficient (Wildman–Crippen LogP) is 3.20. The van der Waals surface area contributed by atoms with E-state index in [4.69, 9.17) is 4.74 Å². The fourth-order valence-electron chi connectivity index (χ4n) is 3.39. The molecule has 2 saturated heterocycles. The number of aryl methyl sites for hydroxylation is 1. The normalized spacial score (nSPS) is 31.6. The summed E-state index contributed by atoms with van der Waals surface area (Å²) in [6.45, 7) is 2.91. The maximum Gasteiger partial charge on any atom is 0.0783 e. The topological polar surface area (TPSA) is 29.5 Å². The number of aliphatic hydroxyl groups excluding tert-OH is 1. The van der Waals surface area contributed by atoms with Crippen LogP contribution in [-0.4, -0.2) is 34.9 Å². The second-order valence-corrected chi connectivity index (χ2v) is 7.45. The molecule has 0 bridgehead atoms. The van der Waals surface area contributed by atoms with Crippen molar-refractivity contribution < 1.29 is 9.84 Å². The van der Waals surface area contributed by atoms with Gasteiger partial charge in [0.05, 0.1) is 11.7 Å². The van der Waals surface area contributed by atoms with E-state index in [1.807, 2.05) is 11.8 Å². The van der Waals surface area contributed by atoms with E-state index in [9.17, 15) is 5.11 Å². The maximum atomic E-state index is 10.6. The van der Waals surface area contributed by atoms with Gasteiger partial charge < -0.3 is 9.84 Å². The van der Waals surface area contributed by atoms with Crippen LogP contribution in [-0.2, 0) is 11.2 Å². The summed E-state index contributed by atoms with van der Waals surface area (Å²) in [6, 6.07) is 8.53. The van der Waals surface area contributed by atoms with Crippen molar-refractivity contribution in [3.05, 3.63) is 35.4 Å². The number of ether oxygens (including phenoxy) is 1. The Morgan fingerprint density at radius 3 is 2.90 bits per heavy atom. The molecule has 20 heavy (non-hydrogen) atoms. The van der Waals surface area contributed by atoms with Crippen LogP contribution >= 0.6 is 11.8 Å². The summed E-state index contributed by atoms with van der Waals surface area (Å²) >= 11 is 1.99. The monoisotopic (exact) mass is 292 g/mol. The van der Waals surface area contributed by atoms with Crippen molar-refractivity contribution in [3.63, 3.8) is 0 Å². The lowest BCUT2D eigenvalue weighted by Crippen LogP contribution is -2.43. The van der Waals surface area contributed by atoms with Crippen LogP contribution in [0.3, 0.4) is 0 Å². The summed E-state index contributed by atoms with van der Waals surface area (Å²) < 4.78 is 6.04. The Balaban J connectivity index is 1.61. The van der Waals surface area contributed by atoms with Gasteiger partial charge >= 0.3 is 0 Å². The third kappa shape index (κ3) is 3.21. The standard InChI is InChI=1S/C17H24O2S/c1-13-2-4-14(5-3-13)10-16(18)15-6-8-19-17(11-15)7-9-20-12-17/h2-5,15-16,18H,6-12H2,1H3. The number of benzene rings is 1. The Morgan fingerprint density at radius 1 is 1.40 bits per heavy atom. The van der Waals surface area contributed by atoms with E-state index < -0.39 is 0 Å². The van der Waals surface area contributed by atoms with Crippen LogP contribution in [0.15, 0.2) is 24.3 Å². The van der Waals surface area contributed by atoms with Gasteiger partial charge in [-0.1, -0.05) is 29.8 Å². The van der Waals surface area contributed by atoms with Gasteiger partial charge in [0.25, 0.3) is 0 Å². The van der Waals surface area contributed by atoms with Crippen LogP contribution in [0.5, 0.6) is 0 Å². The van der Waals surface area contributed by atoms with E-state index >= 15 is 0 Å². The molecule has 2 fully saturated rings. The molecule has 3 rings (SSSR count). The average Bonchev–Trinajstić information content (AvgIpc) is 2.89. The molecule has 0 saturated carbocycles. The molecule has 1 N–H and O–H groups in total. The molecule has 2 aliphatic rings. The number of aliphatic hydroxyl groups is 1. The molecule has 0 radical (unpaired) electrons. The van der Waals surface area contributed by atoms with Gasteiger partial charge in [0.1, 0.15) is 0 Å². The molecule has 1 aromatic carbocycles. The highest BCUT2D eigenvalue weighted by atomic mass is 32.2. The van der Waals surface area contributed by atoms with E-state index in [0.717, 1.165) is 38.0 Å². The van der Waals surface area contributed by atoms with Crippen molar-refractivity contribution in [1.82, 2.24) is 0 Å². The van der Waals surface area contributed by atoms with Crippen LogP contribution in [0.4, 0.5) is 0 Å². The van der Waals surface area contributed by atoms with Crippen LogP contribution < -0.4 is 0 Å². The van der Waals surface area contributed by atoms with Crippen molar-refractivity contribution in [2.45, 2.75) is 44.3 Å². The second kappa shape index (κ2) is 6.08. The Kier molecular flexibility index (Phi) is 4.39. The summed E-state index contributed by atoms with van der Waals surface area (Å²) in [5.74, 6) is 2.71. The maximum absolute atomic E-state index is 10.6. The lowest BCUT2D eigenvalue weighted by atomic mass is 9.80. The first-order valence-corrected chi connectivity index (χ1v) is 8.78. The van der Waals surface area contributed by atoms with Gasteiger partial charge in [-0.15, -0.1) is 0 Å². The van der Waals surface area contributed by atoms with E-state index in [0.29, 0.717) is 5.92 Å². The van der Waals surface area contributed by atoms with Gasteiger partial charge in [-0.2, -0.15) is 11.8 Å². The lowest BCUT2D eigenvalue weighted by Gasteiger charge is -2.39. The summed E-state index contributed by atoms with van der Waals surface area (Å²) in [4.78, 5) is 0. The van der Waals surface area contributed by atoms with E-state index in [1.165, 1.54) is 16.9 Å². The number of hydrogen-bond donors (Lipinski definition) is 1. The zero-order valence-corrected chi connectivity index (χ0v) is 13.0. The Bertz CT molecular complexity index is 437. The Morgan fingerprint density at radius 2 is 2.20 bits per heavy atom. The SMILES string of the molecule is Cc1ccc(CC(O)C2CCOC3(CCSC3)C2)cc1. The molecule has 3 heteroatoms. The van der Waals surface area contributed by atoms with E-state index in [-0.39, 0.29) is 11.7 Å². The molecule has 0 amide bonds. The van der Waals surface area contributed by atoms with E-state index in [2.05, 4.69) is 31.2 Å². The van der Waals surface area contributed by atoms with Gasteiger partial charge in [-0.3, -0.25) is 0 Å². The van der Waals surface area contributed by atoms with E-state index in [1.54, 1.807) is 0 Å². The lowest BCUT2D eigenvalue weighted by molar-refractivity contribution is -0.101. The van der Waals surface area contributed by atoms with Crippen molar-refractivity contribution >= 4 is 11.8 Å². The van der Waals surface area contributed by atoms with Gasteiger partial charge in [0.15, 0.2) is 0 Å². The van der Waals surface area contributed by atoms with Crippen LogP contribution in [0, 0.1) is 12.8 Å². The zero-order chi connectivity index (χ0) is 14.0. The quantitative estimate of drug-likeness (QED) is 0.927. The Hall–Kier alpha value is -0.510. The third-order valence-electron chi connectivity index (χ3n) is 4.71. The van der Waals surface area contributed by atoms with Crippen molar-refractivity contribution in [3.8, 4) is 0 Å². The first-order chi connectivity index (χ1) is 9.67. The summed E-state index contributed by atoms with van der Waals surface area (Å²) in [6.07, 6.45) is 3.73. The minimum absolute atomic E-state index is 0.0713. The molecule has 3 unspecified atom stereocenters. The first kappa shape index (κ1) is 14.4. The van der Waals surface area contributed by atoms with Gasteiger partial charge in [0, 0.05) is 12.4 Å². The molecule has 2 heterocycles. The smallest absolute Gasteiger partial charge is 0.0783 e. The molecule has 110 valence electrons. The zero-order valence-electron chi connectivity index (χ0n) is 12.2. The van der Waals surface area contributed by atoms with Gasteiger partial charge in [0.2, 0.25) is 0 Å². The third-order valence-corrected chi connectivity index (χ3v) is 5.93. The molecule has 0 aromatic heterocycles. The number of thioether (sulfide) groups is 1. The van der Waals surface area contributed by atoms with Crippen LogP contribution in [0.25, 0.3) is 0 Å². The van der Waals surface area contributed by atoms with Crippen molar-refractivity contribution in [2.24, 2.45) is 5.92 Å². The Labute approximate surface area is 125 Å². The first-order valence-electron chi connectivity index (χ1n) is 7.62. The molecule has 1 aromatic rings. The average molecular weight is 292 g/mol. The minimum atomic E-state index is -0.232. The predicted molar refractivity (Wildman–Crippen MR) is 84.2 cm³/mol. The van der Waals surface area contributed by atoms with Crippen LogP contribution in [0.2, 0.25) is 0 Å². The molecule has 3 atom stereocenters. The summed E-state index contributed by atoms with van der Waals surface area (Å²) in [7, 11) is 0. The van der Waals surface area contributed by atoms with Crippen molar-refractivity contribution in [2.75, 3.05) is 18.1 Å². The van der Waals surface area contributed by atoms with Gasteiger partial charge in [-0.05, 0) is 49.8 Å². The largest absolute Gasteiger partial charge is 0.392 e. The highest BCUT2D eigenvalue weighted by Crippen LogP contribution is 2.41. The molecular weight excluding hydrogens is 268 g/mol. The van der Waals surface area contributed by atoms with Crippen molar-refractivity contribution in [1.29, 1.82) is 0 Å². The number of hydrogen-bond acceptors (Lipinski definition) is 3. The molecule has 0 aliphatic carbocycles. The number of rotatable bonds is 3. The summed E-state index contributed by atoms with van der Waals surface area (Å²) in [5, 5.41) is 10.6. The minimum Gasteiger partial charge on any atom is -0.392 e. The molecular formula is C17H24O2S. The fourth-order valence-corrected chi connectivity index (χ4v) is 4.77. The molecule has 2 aliphatic heterocycles. The molecule has 1 spiro atoms. The van der Waals surface area contributed by atoms with Crippen LogP contribution in [0.1, 0.15) is 30.4 Å². The fraction of sp³-hybridized carbons (Fsp3) is 0.647. The second-order valence-electron chi connectivity index (χ2n) is 6.34. The van der Waals surface area contributed by atoms with Gasteiger partial charge in [-0.25, -0.2) is 0 Å². The molecule has 2 nitrogen and oxygen atoms in total. The highest BCUT2D eigenvalue weighted by molar-refractivity contribution is 7.99. The summed E-state index contributed by atoms with van der Waals surface area (Å²) in [5.41, 5.74) is 2.59. The highest BCUT2D eigenvalue weighted by Gasteiger charge is 2.42.